The van der Waals surface area contributed by atoms with Gasteiger partial charge in [-0.3, -0.25) is 0 Å². The molecular weight excluding hydrogens is 319 g/mol. The third-order valence-corrected chi connectivity index (χ3v) is 3.82. The molecule has 8 heteroatoms. The number of nitrogens with one attached hydrogen (secondary N) is 1. The number of hydrogen-bond donors (Lipinski definition) is 2. The van der Waals surface area contributed by atoms with E-state index in [9.17, 15) is 18.3 Å². The van der Waals surface area contributed by atoms with E-state index < -0.39 is 17.8 Å². The number of aliphatic hydroxyl groups is 1. The summed E-state index contributed by atoms with van der Waals surface area (Å²) in [6, 6.07) is 3.51. The molecule has 0 saturated heterocycles. The van der Waals surface area contributed by atoms with Gasteiger partial charge in [0.1, 0.15) is 12.1 Å². The molecule has 1 aliphatic carbocycles. The second-order valence-electron chi connectivity index (χ2n) is 4.95. The van der Waals surface area contributed by atoms with Gasteiger partial charge in [-0.05, 0) is 31.0 Å². The number of aromatic nitrogens is 2. The molecule has 0 bridgehead atoms. The van der Waals surface area contributed by atoms with Crippen LogP contribution in [0.5, 0.6) is 0 Å². The second kappa shape index (κ2) is 5.40. The highest BCUT2D eigenvalue weighted by molar-refractivity contribution is 6.31. The van der Waals surface area contributed by atoms with Gasteiger partial charge in [-0.25, -0.2) is 9.97 Å². The van der Waals surface area contributed by atoms with E-state index in [4.69, 9.17) is 11.6 Å². The lowest BCUT2D eigenvalue weighted by atomic mass is 10.1. The molecule has 0 aliphatic heterocycles. The van der Waals surface area contributed by atoms with E-state index in [0.29, 0.717) is 29.9 Å². The first-order valence-electron chi connectivity index (χ1n) is 6.52. The monoisotopic (exact) mass is 329 g/mol. The molecule has 116 valence electrons. The van der Waals surface area contributed by atoms with Crippen LogP contribution in [0.2, 0.25) is 5.02 Å². The van der Waals surface area contributed by atoms with Crippen LogP contribution in [0.4, 0.5) is 24.7 Å². The zero-order valence-corrected chi connectivity index (χ0v) is 11.9. The van der Waals surface area contributed by atoms with Crippen molar-refractivity contribution in [2.24, 2.45) is 0 Å². The zero-order valence-electron chi connectivity index (χ0n) is 11.2. The van der Waals surface area contributed by atoms with Crippen molar-refractivity contribution in [2.45, 2.75) is 25.1 Å². The molecule has 0 amide bonds. The summed E-state index contributed by atoms with van der Waals surface area (Å²) >= 11 is 5.59. The van der Waals surface area contributed by atoms with Gasteiger partial charge in [0.25, 0.3) is 0 Å². The van der Waals surface area contributed by atoms with Crippen molar-refractivity contribution in [1.82, 2.24) is 9.97 Å². The average molecular weight is 330 g/mol. The van der Waals surface area contributed by atoms with Gasteiger partial charge in [0.05, 0.1) is 22.4 Å². The van der Waals surface area contributed by atoms with Crippen LogP contribution in [-0.4, -0.2) is 15.1 Å². The van der Waals surface area contributed by atoms with E-state index in [1.807, 2.05) is 0 Å². The first kappa shape index (κ1) is 15.1. The van der Waals surface area contributed by atoms with Crippen LogP contribution in [0.15, 0.2) is 24.5 Å². The van der Waals surface area contributed by atoms with Crippen LogP contribution in [0, 0.1) is 0 Å². The van der Waals surface area contributed by atoms with Gasteiger partial charge in [-0.15, -0.1) is 0 Å². The highest BCUT2D eigenvalue weighted by atomic mass is 35.5. The van der Waals surface area contributed by atoms with Crippen molar-refractivity contribution in [3.05, 3.63) is 46.4 Å². The topological polar surface area (TPSA) is 58.0 Å². The molecule has 1 aliphatic rings. The Bertz CT molecular complexity index is 721. The van der Waals surface area contributed by atoms with Crippen molar-refractivity contribution in [3.63, 3.8) is 0 Å². The summed E-state index contributed by atoms with van der Waals surface area (Å²) in [7, 11) is 0. The van der Waals surface area contributed by atoms with Gasteiger partial charge >= 0.3 is 6.18 Å². The van der Waals surface area contributed by atoms with Crippen LogP contribution in [0.3, 0.4) is 0 Å². The molecule has 1 atom stereocenters. The molecule has 3 rings (SSSR count). The van der Waals surface area contributed by atoms with E-state index in [1.54, 1.807) is 0 Å². The maximum Gasteiger partial charge on any atom is 0.417 e. The highest BCUT2D eigenvalue weighted by Crippen LogP contribution is 2.38. The number of rotatable bonds is 2. The standard InChI is InChI=1S/C14H11ClF3N3O/c15-9-2-1-7(5-8(9)14(16,17)18)21-13-12-10(19-6-20-13)3-4-11(12)22/h1-2,5-6,11,22H,3-4H2,(H,19,20,21). The third-order valence-electron chi connectivity index (χ3n) is 3.49. The normalized spacial score (nSPS) is 17.4. The summed E-state index contributed by atoms with van der Waals surface area (Å²) in [5, 5.41) is 12.4. The van der Waals surface area contributed by atoms with E-state index >= 15 is 0 Å². The van der Waals surface area contributed by atoms with Crippen LogP contribution >= 0.6 is 11.6 Å². The predicted molar refractivity (Wildman–Crippen MR) is 75.0 cm³/mol. The Labute approximate surface area is 129 Å². The Hall–Kier alpha value is -1.86. The minimum atomic E-state index is -4.54. The summed E-state index contributed by atoms with van der Waals surface area (Å²) < 4.78 is 38.6. The van der Waals surface area contributed by atoms with Crippen LogP contribution < -0.4 is 5.32 Å². The largest absolute Gasteiger partial charge is 0.417 e. The van der Waals surface area contributed by atoms with E-state index in [2.05, 4.69) is 15.3 Å². The van der Waals surface area contributed by atoms with E-state index in [-0.39, 0.29) is 10.7 Å². The molecule has 1 aromatic carbocycles. The number of anilines is 2. The molecule has 22 heavy (non-hydrogen) atoms. The number of alkyl halides is 3. The molecule has 4 nitrogen and oxygen atoms in total. The summed E-state index contributed by atoms with van der Waals surface area (Å²) in [5.74, 6) is 0.311. The van der Waals surface area contributed by atoms with Crippen molar-refractivity contribution >= 4 is 23.1 Å². The first-order chi connectivity index (χ1) is 10.4. The molecule has 0 spiro atoms. The zero-order chi connectivity index (χ0) is 15.9. The number of halogens is 4. The van der Waals surface area contributed by atoms with Gasteiger partial charge in [-0.2, -0.15) is 13.2 Å². The Balaban J connectivity index is 1.97. The number of benzene rings is 1. The number of fused-ring (bicyclic) bond motifs is 1. The maximum atomic E-state index is 12.9. The molecule has 1 heterocycles. The third kappa shape index (κ3) is 2.74. The lowest BCUT2D eigenvalue weighted by Gasteiger charge is -2.14. The quantitative estimate of drug-likeness (QED) is 0.878. The van der Waals surface area contributed by atoms with Gasteiger partial charge in [0.15, 0.2) is 0 Å². The molecule has 1 unspecified atom stereocenters. The minimum Gasteiger partial charge on any atom is -0.388 e. The second-order valence-corrected chi connectivity index (χ2v) is 5.36. The molecular formula is C14H11ClF3N3O. The van der Waals surface area contributed by atoms with Crippen LogP contribution in [0.1, 0.15) is 29.3 Å². The van der Waals surface area contributed by atoms with Gasteiger partial charge in [0, 0.05) is 11.3 Å². The maximum absolute atomic E-state index is 12.9. The number of nitrogens with zero attached hydrogens (tertiary/aromatic N) is 2. The molecule has 2 N–H and O–H groups in total. The average Bonchev–Trinajstić information content (AvgIpc) is 2.82. The van der Waals surface area contributed by atoms with E-state index in [0.717, 1.165) is 6.07 Å². The number of aryl methyl sites for hydroxylation is 1. The fourth-order valence-corrected chi connectivity index (χ4v) is 2.68. The molecule has 0 fully saturated rings. The van der Waals surface area contributed by atoms with Crippen molar-refractivity contribution in [1.29, 1.82) is 0 Å². The van der Waals surface area contributed by atoms with Gasteiger partial charge in [-0.1, -0.05) is 11.6 Å². The Morgan fingerprint density at radius 3 is 2.77 bits per heavy atom. The fraction of sp³-hybridized carbons (Fsp3) is 0.286. The summed E-state index contributed by atoms with van der Waals surface area (Å²) in [4.78, 5) is 8.08. The Morgan fingerprint density at radius 1 is 1.27 bits per heavy atom. The van der Waals surface area contributed by atoms with E-state index in [1.165, 1.54) is 18.5 Å². The van der Waals surface area contributed by atoms with Gasteiger partial charge in [0.2, 0.25) is 0 Å². The van der Waals surface area contributed by atoms with Crippen molar-refractivity contribution < 1.29 is 18.3 Å². The summed E-state index contributed by atoms with van der Waals surface area (Å²) in [6.45, 7) is 0. The van der Waals surface area contributed by atoms with Crippen LogP contribution in [-0.2, 0) is 12.6 Å². The Kier molecular flexibility index (Phi) is 3.70. The van der Waals surface area contributed by atoms with Gasteiger partial charge < -0.3 is 10.4 Å². The van der Waals surface area contributed by atoms with Crippen molar-refractivity contribution in [3.8, 4) is 0 Å². The first-order valence-corrected chi connectivity index (χ1v) is 6.89. The summed E-state index contributed by atoms with van der Waals surface area (Å²) in [6.07, 6.45) is -2.80. The Morgan fingerprint density at radius 2 is 2.05 bits per heavy atom. The lowest BCUT2D eigenvalue weighted by molar-refractivity contribution is -0.137. The number of aliphatic hydroxyl groups excluding tert-OH is 1. The minimum absolute atomic E-state index is 0.191. The number of hydrogen-bond acceptors (Lipinski definition) is 4. The molecule has 0 saturated carbocycles. The predicted octanol–water partition coefficient (Wildman–Crippen LogP) is 3.87. The molecule has 2 aromatic rings. The smallest absolute Gasteiger partial charge is 0.388 e. The van der Waals surface area contributed by atoms with Crippen molar-refractivity contribution in [2.75, 3.05) is 5.32 Å². The van der Waals surface area contributed by atoms with Crippen LogP contribution in [0.25, 0.3) is 0 Å². The summed E-state index contributed by atoms with van der Waals surface area (Å²) in [5.41, 5.74) is 0.503. The lowest BCUT2D eigenvalue weighted by Crippen LogP contribution is -2.08. The molecule has 0 radical (unpaired) electrons. The fourth-order valence-electron chi connectivity index (χ4n) is 2.46. The SMILES string of the molecule is OC1CCc2ncnc(Nc3ccc(Cl)c(C(F)(F)F)c3)c21. The highest BCUT2D eigenvalue weighted by Gasteiger charge is 2.33. The molecule has 1 aromatic heterocycles.